The van der Waals surface area contributed by atoms with E-state index in [2.05, 4.69) is 6.07 Å². The van der Waals surface area contributed by atoms with Crippen molar-refractivity contribution in [3.8, 4) is 0 Å². The largest absolute Gasteiger partial charge is 0.341 e. The second kappa shape index (κ2) is 4.97. The van der Waals surface area contributed by atoms with Crippen LogP contribution in [-0.2, 0) is 17.9 Å². The van der Waals surface area contributed by atoms with Crippen molar-refractivity contribution in [1.29, 1.82) is 0 Å². The Bertz CT molecular complexity index is 475. The Labute approximate surface area is 114 Å². The zero-order valence-electron chi connectivity index (χ0n) is 11.5. The molecule has 2 fully saturated rings. The maximum atomic E-state index is 12.4. The van der Waals surface area contributed by atoms with Gasteiger partial charge in [-0.05, 0) is 42.2 Å². The molecule has 0 aromatic heterocycles. The topological polar surface area (TPSA) is 46.3 Å². The third-order valence-electron chi connectivity index (χ3n) is 4.71. The smallest absolute Gasteiger partial charge is 0.225 e. The van der Waals surface area contributed by atoms with E-state index in [9.17, 15) is 4.79 Å². The van der Waals surface area contributed by atoms with Gasteiger partial charge in [0.25, 0.3) is 0 Å². The molecular formula is C16H22N2O. The number of carbonyl (C=O) groups excluding carboxylic acids is 1. The molecular weight excluding hydrogens is 236 g/mol. The van der Waals surface area contributed by atoms with E-state index in [4.69, 9.17) is 5.73 Å². The van der Waals surface area contributed by atoms with Crippen LogP contribution in [0, 0.1) is 17.8 Å². The van der Waals surface area contributed by atoms with Crippen LogP contribution in [0.2, 0.25) is 0 Å². The van der Waals surface area contributed by atoms with E-state index in [1.54, 1.807) is 0 Å². The van der Waals surface area contributed by atoms with Crippen LogP contribution in [0.15, 0.2) is 24.3 Å². The first-order chi connectivity index (χ1) is 9.19. The van der Waals surface area contributed by atoms with E-state index >= 15 is 0 Å². The number of hydrogen-bond acceptors (Lipinski definition) is 2. The minimum atomic E-state index is 0.277. The minimum Gasteiger partial charge on any atom is -0.341 e. The molecule has 0 radical (unpaired) electrons. The average Bonchev–Trinajstić information content (AvgIpc) is 3.05. The molecule has 2 saturated carbocycles. The Morgan fingerprint density at radius 1 is 1.21 bits per heavy atom. The zero-order valence-corrected chi connectivity index (χ0v) is 11.5. The van der Waals surface area contributed by atoms with E-state index in [0.717, 1.165) is 30.2 Å². The lowest BCUT2D eigenvalue weighted by Crippen LogP contribution is -2.32. The van der Waals surface area contributed by atoms with Gasteiger partial charge < -0.3 is 10.6 Å². The molecule has 0 bridgehead atoms. The lowest BCUT2D eigenvalue weighted by Gasteiger charge is -2.23. The number of amides is 1. The fourth-order valence-electron chi connectivity index (χ4n) is 3.47. The number of benzene rings is 1. The summed E-state index contributed by atoms with van der Waals surface area (Å²) in [6.07, 6.45) is 3.60. The van der Waals surface area contributed by atoms with Crippen LogP contribution in [0.25, 0.3) is 0 Å². The molecule has 3 heteroatoms. The van der Waals surface area contributed by atoms with Gasteiger partial charge in [0.1, 0.15) is 0 Å². The van der Waals surface area contributed by atoms with Crippen molar-refractivity contribution in [3.05, 3.63) is 35.4 Å². The van der Waals surface area contributed by atoms with Gasteiger partial charge in [-0.25, -0.2) is 0 Å². The highest BCUT2D eigenvalue weighted by Crippen LogP contribution is 2.54. The summed E-state index contributed by atoms with van der Waals surface area (Å²) in [7, 11) is 1.92. The fraction of sp³-hybridized carbons (Fsp3) is 0.562. The number of hydrogen-bond donors (Lipinski definition) is 1. The molecule has 3 nitrogen and oxygen atoms in total. The molecule has 0 aliphatic heterocycles. The Hall–Kier alpha value is -1.35. The Morgan fingerprint density at radius 3 is 2.47 bits per heavy atom. The van der Waals surface area contributed by atoms with Crippen LogP contribution < -0.4 is 5.73 Å². The number of carbonyl (C=O) groups is 1. The van der Waals surface area contributed by atoms with Crippen molar-refractivity contribution < 1.29 is 4.79 Å². The molecule has 3 rings (SSSR count). The highest BCUT2D eigenvalue weighted by atomic mass is 16.2. The van der Waals surface area contributed by atoms with Crippen LogP contribution in [-0.4, -0.2) is 17.9 Å². The van der Waals surface area contributed by atoms with E-state index in [-0.39, 0.29) is 5.92 Å². The van der Waals surface area contributed by atoms with Gasteiger partial charge in [0, 0.05) is 26.1 Å². The van der Waals surface area contributed by atoms with Crippen LogP contribution in [0.4, 0.5) is 0 Å². The summed E-state index contributed by atoms with van der Waals surface area (Å²) in [5.41, 5.74) is 8.05. The predicted molar refractivity (Wildman–Crippen MR) is 75.1 cm³/mol. The summed E-state index contributed by atoms with van der Waals surface area (Å²) in [5.74, 6) is 2.31. The Kier molecular flexibility index (Phi) is 3.31. The highest BCUT2D eigenvalue weighted by Gasteiger charge is 2.48. The molecule has 2 atom stereocenters. The lowest BCUT2D eigenvalue weighted by molar-refractivity contribution is -0.134. The quantitative estimate of drug-likeness (QED) is 0.899. The third kappa shape index (κ3) is 2.52. The van der Waals surface area contributed by atoms with E-state index < -0.39 is 0 Å². The van der Waals surface area contributed by atoms with Gasteiger partial charge in [-0.1, -0.05) is 24.3 Å². The van der Waals surface area contributed by atoms with Gasteiger partial charge in [-0.2, -0.15) is 0 Å². The number of rotatable bonds is 4. The second-order valence-corrected chi connectivity index (χ2v) is 6.09. The maximum Gasteiger partial charge on any atom is 0.225 e. The lowest BCUT2D eigenvalue weighted by atomic mass is 10.0. The second-order valence-electron chi connectivity index (χ2n) is 6.09. The molecule has 0 heterocycles. The first-order valence-electron chi connectivity index (χ1n) is 7.21. The van der Waals surface area contributed by atoms with Gasteiger partial charge in [0.05, 0.1) is 0 Å². The van der Waals surface area contributed by atoms with Gasteiger partial charge in [-0.3, -0.25) is 4.79 Å². The van der Waals surface area contributed by atoms with Crippen molar-refractivity contribution in [1.82, 2.24) is 4.90 Å². The molecule has 2 aliphatic rings. The Balaban J connectivity index is 1.63. The zero-order chi connectivity index (χ0) is 13.4. The molecule has 0 saturated heterocycles. The average molecular weight is 258 g/mol. The highest BCUT2D eigenvalue weighted by molar-refractivity contribution is 5.79. The van der Waals surface area contributed by atoms with Crippen molar-refractivity contribution >= 4 is 5.91 Å². The monoisotopic (exact) mass is 258 g/mol. The van der Waals surface area contributed by atoms with Crippen molar-refractivity contribution in [2.45, 2.75) is 32.4 Å². The van der Waals surface area contributed by atoms with E-state index in [1.165, 1.54) is 12.0 Å². The summed E-state index contributed by atoms with van der Waals surface area (Å²) in [4.78, 5) is 14.3. The summed E-state index contributed by atoms with van der Waals surface area (Å²) >= 11 is 0. The summed E-state index contributed by atoms with van der Waals surface area (Å²) in [6, 6.07) is 8.12. The van der Waals surface area contributed by atoms with Crippen LogP contribution in [0.1, 0.15) is 30.4 Å². The number of nitrogens with two attached hydrogens (primary N) is 1. The summed E-state index contributed by atoms with van der Waals surface area (Å²) in [5, 5.41) is 0. The minimum absolute atomic E-state index is 0.277. The summed E-state index contributed by atoms with van der Waals surface area (Å²) in [6.45, 7) is 1.21. The molecule has 2 N–H and O–H groups in total. The summed E-state index contributed by atoms with van der Waals surface area (Å²) < 4.78 is 0. The van der Waals surface area contributed by atoms with Crippen molar-refractivity contribution in [2.75, 3.05) is 7.05 Å². The van der Waals surface area contributed by atoms with Crippen molar-refractivity contribution in [3.63, 3.8) is 0 Å². The normalized spacial score (nSPS) is 28.0. The standard InChI is InChI=1S/C16H22N2O/c1-18(10-12-5-3-2-4-11(12)9-17)16(19)15-7-13-6-14(13)8-15/h2-5,13-15H,6-10,17H2,1H3. The van der Waals surface area contributed by atoms with Crippen molar-refractivity contribution in [2.24, 2.45) is 23.5 Å². The van der Waals surface area contributed by atoms with E-state index in [0.29, 0.717) is 19.0 Å². The molecule has 1 amide bonds. The van der Waals surface area contributed by atoms with Gasteiger partial charge >= 0.3 is 0 Å². The molecule has 2 aliphatic carbocycles. The van der Waals surface area contributed by atoms with Gasteiger partial charge in [0.2, 0.25) is 5.91 Å². The Morgan fingerprint density at radius 2 is 1.84 bits per heavy atom. The van der Waals surface area contributed by atoms with Crippen LogP contribution in [0.3, 0.4) is 0 Å². The molecule has 1 aromatic rings. The molecule has 1 aromatic carbocycles. The molecule has 0 spiro atoms. The molecule has 102 valence electrons. The maximum absolute atomic E-state index is 12.4. The fourth-order valence-corrected chi connectivity index (χ4v) is 3.47. The first-order valence-corrected chi connectivity index (χ1v) is 7.21. The first kappa shape index (κ1) is 12.7. The molecule has 2 unspecified atom stereocenters. The van der Waals surface area contributed by atoms with Gasteiger partial charge in [0.15, 0.2) is 0 Å². The number of fused-ring (bicyclic) bond motifs is 1. The van der Waals surface area contributed by atoms with Crippen LogP contribution >= 0.6 is 0 Å². The van der Waals surface area contributed by atoms with E-state index in [1.807, 2.05) is 30.1 Å². The van der Waals surface area contributed by atoms with Gasteiger partial charge in [-0.15, -0.1) is 0 Å². The number of nitrogens with zero attached hydrogens (tertiary/aromatic N) is 1. The predicted octanol–water partition coefficient (Wildman–Crippen LogP) is 2.15. The molecule has 19 heavy (non-hydrogen) atoms. The van der Waals surface area contributed by atoms with Crippen LogP contribution in [0.5, 0.6) is 0 Å². The third-order valence-corrected chi connectivity index (χ3v) is 4.71. The SMILES string of the molecule is CN(Cc1ccccc1CN)C(=O)C1CC2CC2C1.